The molecule has 178 valence electrons. The number of fused-ring (bicyclic) bond motifs is 3. The molecule has 2 unspecified atom stereocenters. The van der Waals surface area contributed by atoms with E-state index >= 15 is 0 Å². The van der Waals surface area contributed by atoms with E-state index in [4.69, 9.17) is 4.74 Å². The van der Waals surface area contributed by atoms with Gasteiger partial charge in [-0.05, 0) is 47.9 Å². The molecule has 3 aliphatic rings. The molecule has 0 saturated heterocycles. The minimum atomic E-state index is -0.848. The van der Waals surface area contributed by atoms with Crippen LogP contribution in [0, 0.1) is 11.3 Å². The summed E-state index contributed by atoms with van der Waals surface area (Å²) >= 11 is 0. The Labute approximate surface area is 198 Å². The van der Waals surface area contributed by atoms with Crippen LogP contribution in [-0.2, 0) is 14.3 Å². The molecule has 2 aromatic carbocycles. The lowest BCUT2D eigenvalue weighted by Crippen LogP contribution is -2.50. The number of nitrogens with one attached hydrogen (secondary N) is 2. The number of hydrogen-bond acceptors (Lipinski definition) is 4. The van der Waals surface area contributed by atoms with E-state index in [1.165, 1.54) is 11.1 Å². The van der Waals surface area contributed by atoms with Crippen molar-refractivity contribution < 1.29 is 24.2 Å². The van der Waals surface area contributed by atoms with Crippen LogP contribution >= 0.6 is 0 Å². The van der Waals surface area contributed by atoms with Crippen molar-refractivity contribution in [1.82, 2.24) is 10.6 Å². The molecule has 0 aliphatic heterocycles. The molecule has 34 heavy (non-hydrogen) atoms. The first-order chi connectivity index (χ1) is 16.5. The fourth-order valence-electron chi connectivity index (χ4n) is 5.70. The summed E-state index contributed by atoms with van der Waals surface area (Å²) in [4.78, 5) is 37.0. The van der Waals surface area contributed by atoms with Gasteiger partial charge in [-0.1, -0.05) is 61.4 Å². The highest BCUT2D eigenvalue weighted by Crippen LogP contribution is 2.44. The molecule has 7 nitrogen and oxygen atoms in total. The van der Waals surface area contributed by atoms with Gasteiger partial charge in [0.2, 0.25) is 5.91 Å². The van der Waals surface area contributed by atoms with E-state index in [1.807, 2.05) is 24.3 Å². The standard InChI is InChI=1S/C27H30N2O5/c30-24(28-16-27(25(31)32)13-6-14-27)21-11-5-12-23(21)29-26(33)34-15-22-19-9-3-1-7-17(19)18-8-2-4-10-20(18)22/h1-4,7-10,21-23H,5-6,11-16H2,(H,28,30)(H,29,33)(H,31,32). The van der Waals surface area contributed by atoms with Crippen LogP contribution in [0.2, 0.25) is 0 Å². The van der Waals surface area contributed by atoms with Crippen molar-refractivity contribution in [3.05, 3.63) is 59.7 Å². The van der Waals surface area contributed by atoms with E-state index in [2.05, 4.69) is 34.9 Å². The first-order valence-electron chi connectivity index (χ1n) is 12.1. The van der Waals surface area contributed by atoms with Crippen molar-refractivity contribution in [3.63, 3.8) is 0 Å². The van der Waals surface area contributed by atoms with E-state index in [9.17, 15) is 19.5 Å². The van der Waals surface area contributed by atoms with Gasteiger partial charge in [0.15, 0.2) is 0 Å². The van der Waals surface area contributed by atoms with Crippen LogP contribution in [0.1, 0.15) is 55.6 Å². The van der Waals surface area contributed by atoms with Crippen LogP contribution in [0.4, 0.5) is 4.79 Å². The van der Waals surface area contributed by atoms with Crippen LogP contribution in [0.15, 0.2) is 48.5 Å². The number of ether oxygens (including phenoxy) is 1. The molecule has 2 fully saturated rings. The smallest absolute Gasteiger partial charge is 0.407 e. The number of rotatable bonds is 7. The highest BCUT2D eigenvalue weighted by Gasteiger charge is 2.45. The molecule has 0 bridgehead atoms. The van der Waals surface area contributed by atoms with Gasteiger partial charge < -0.3 is 20.5 Å². The lowest BCUT2D eigenvalue weighted by molar-refractivity contribution is -0.154. The zero-order valence-corrected chi connectivity index (χ0v) is 19.1. The van der Waals surface area contributed by atoms with Crippen molar-refractivity contribution in [2.24, 2.45) is 11.3 Å². The van der Waals surface area contributed by atoms with Crippen LogP contribution in [0.25, 0.3) is 11.1 Å². The number of carbonyl (C=O) groups is 3. The maximum atomic E-state index is 12.8. The van der Waals surface area contributed by atoms with Crippen molar-refractivity contribution in [2.75, 3.05) is 13.2 Å². The summed E-state index contributed by atoms with van der Waals surface area (Å²) in [6, 6.07) is 16.0. The number of alkyl carbamates (subject to hydrolysis) is 1. The molecular formula is C27H30N2O5. The Bertz CT molecular complexity index is 1060. The van der Waals surface area contributed by atoms with E-state index in [0.29, 0.717) is 25.7 Å². The third-order valence-electron chi connectivity index (χ3n) is 7.86. The molecule has 0 aromatic heterocycles. The second kappa shape index (κ2) is 9.12. The SMILES string of the molecule is O=C(NC1CCCC1C(=O)NCC1(C(=O)O)CCC1)OCC1c2ccccc2-c2ccccc21. The Morgan fingerprint density at radius 2 is 1.59 bits per heavy atom. The van der Waals surface area contributed by atoms with E-state index < -0.39 is 17.5 Å². The highest BCUT2D eigenvalue weighted by molar-refractivity contribution is 5.83. The first-order valence-corrected chi connectivity index (χ1v) is 12.1. The molecule has 2 amide bonds. The summed E-state index contributed by atoms with van der Waals surface area (Å²) < 4.78 is 5.64. The fraction of sp³-hybridized carbons (Fsp3) is 0.444. The molecule has 2 atom stereocenters. The zero-order chi connectivity index (χ0) is 23.7. The Hall–Kier alpha value is -3.35. The molecule has 3 aliphatic carbocycles. The van der Waals surface area contributed by atoms with Gasteiger partial charge in [0.1, 0.15) is 6.61 Å². The summed E-state index contributed by atoms with van der Waals surface area (Å²) in [6.45, 7) is 0.375. The number of benzene rings is 2. The molecule has 0 heterocycles. The van der Waals surface area contributed by atoms with Crippen LogP contribution in [-0.4, -0.2) is 42.3 Å². The molecule has 5 rings (SSSR count). The van der Waals surface area contributed by atoms with Gasteiger partial charge in [-0.3, -0.25) is 9.59 Å². The van der Waals surface area contributed by atoms with Crippen LogP contribution in [0.3, 0.4) is 0 Å². The van der Waals surface area contributed by atoms with Crippen molar-refractivity contribution in [2.45, 2.75) is 50.5 Å². The second-order valence-corrected chi connectivity index (χ2v) is 9.77. The van der Waals surface area contributed by atoms with E-state index in [0.717, 1.165) is 24.0 Å². The van der Waals surface area contributed by atoms with Gasteiger partial charge >= 0.3 is 12.1 Å². The maximum Gasteiger partial charge on any atom is 0.407 e. The van der Waals surface area contributed by atoms with Gasteiger partial charge in [0.25, 0.3) is 0 Å². The van der Waals surface area contributed by atoms with Crippen molar-refractivity contribution in [3.8, 4) is 11.1 Å². The lowest BCUT2D eigenvalue weighted by atomic mass is 9.68. The van der Waals surface area contributed by atoms with Gasteiger partial charge in [0.05, 0.1) is 11.3 Å². The minimum absolute atomic E-state index is 0.0180. The number of hydrogen-bond donors (Lipinski definition) is 3. The second-order valence-electron chi connectivity index (χ2n) is 9.77. The Morgan fingerprint density at radius 1 is 0.941 bits per heavy atom. The number of carboxylic acid groups (broad SMARTS) is 1. The molecule has 0 radical (unpaired) electrons. The third-order valence-corrected chi connectivity index (χ3v) is 7.86. The molecule has 3 N–H and O–H groups in total. The summed E-state index contributed by atoms with van der Waals surface area (Å²) in [7, 11) is 0. The van der Waals surface area contributed by atoms with Gasteiger partial charge in [0, 0.05) is 18.5 Å². The minimum Gasteiger partial charge on any atom is -0.481 e. The van der Waals surface area contributed by atoms with Crippen molar-refractivity contribution in [1.29, 1.82) is 0 Å². The fourth-order valence-corrected chi connectivity index (χ4v) is 5.70. The van der Waals surface area contributed by atoms with Crippen molar-refractivity contribution >= 4 is 18.0 Å². The van der Waals surface area contributed by atoms with Gasteiger partial charge in [-0.2, -0.15) is 0 Å². The predicted octanol–water partition coefficient (Wildman–Crippen LogP) is 4.06. The summed E-state index contributed by atoms with van der Waals surface area (Å²) in [5, 5.41) is 15.2. The normalized spacial score (nSPS) is 22.2. The molecule has 7 heteroatoms. The average Bonchev–Trinajstić information content (AvgIpc) is 3.39. The van der Waals surface area contributed by atoms with E-state index in [1.54, 1.807) is 0 Å². The Kier molecular flexibility index (Phi) is 6.02. The number of aliphatic carboxylic acids is 1. The molecular weight excluding hydrogens is 432 g/mol. The Balaban J connectivity index is 1.17. The largest absolute Gasteiger partial charge is 0.481 e. The van der Waals surface area contributed by atoms with Gasteiger partial charge in [-0.15, -0.1) is 0 Å². The maximum absolute atomic E-state index is 12.8. The highest BCUT2D eigenvalue weighted by atomic mass is 16.5. The topological polar surface area (TPSA) is 105 Å². The quantitative estimate of drug-likeness (QED) is 0.576. The predicted molar refractivity (Wildman–Crippen MR) is 126 cm³/mol. The molecule has 2 saturated carbocycles. The van der Waals surface area contributed by atoms with Gasteiger partial charge in [-0.25, -0.2) is 4.79 Å². The molecule has 2 aromatic rings. The van der Waals surface area contributed by atoms with E-state index in [-0.39, 0.29) is 36.9 Å². The zero-order valence-electron chi connectivity index (χ0n) is 19.1. The monoisotopic (exact) mass is 462 g/mol. The Morgan fingerprint density at radius 3 is 2.18 bits per heavy atom. The lowest BCUT2D eigenvalue weighted by Gasteiger charge is -2.38. The molecule has 0 spiro atoms. The van der Waals surface area contributed by atoms with Crippen LogP contribution < -0.4 is 10.6 Å². The first kappa shape index (κ1) is 22.4. The average molecular weight is 463 g/mol. The van der Waals surface area contributed by atoms with Crippen LogP contribution in [0.5, 0.6) is 0 Å². The number of amides is 2. The summed E-state index contributed by atoms with van der Waals surface area (Å²) in [5.41, 5.74) is 3.82. The summed E-state index contributed by atoms with van der Waals surface area (Å²) in [6.07, 6.45) is 3.73. The number of carboxylic acids is 1. The number of carbonyl (C=O) groups excluding carboxylic acids is 2. The summed E-state index contributed by atoms with van der Waals surface area (Å²) in [5.74, 6) is -1.42. The third kappa shape index (κ3) is 4.04.